The van der Waals surface area contributed by atoms with Crippen LogP contribution < -0.4 is 5.73 Å². The first-order chi connectivity index (χ1) is 18.8. The summed E-state index contributed by atoms with van der Waals surface area (Å²) in [6, 6.07) is 0.670. The predicted octanol–water partition coefficient (Wildman–Crippen LogP) is 1.28. The molecule has 0 spiro atoms. The molecule has 1 aromatic rings. The number of Topliss-reactive ketones (excluding diaryl/α,β-unsaturated/α-hetero) is 4. The van der Waals surface area contributed by atoms with Crippen LogP contribution in [0.2, 0.25) is 5.02 Å². The van der Waals surface area contributed by atoms with Gasteiger partial charge >= 0.3 is 0 Å². The number of carbonyl (C=O) groups excluding carboxylic acids is 5. The summed E-state index contributed by atoms with van der Waals surface area (Å²) in [6.07, 6.45) is 4.58. The minimum absolute atomic E-state index is 0.00558. The number of phenols is 1. The summed E-state index contributed by atoms with van der Waals surface area (Å²) in [5.74, 6) is -10.6. The Morgan fingerprint density at radius 2 is 1.88 bits per heavy atom. The summed E-state index contributed by atoms with van der Waals surface area (Å²) in [4.78, 5) is 70.1. The van der Waals surface area contributed by atoms with Crippen molar-refractivity contribution in [2.45, 2.75) is 69.7 Å². The van der Waals surface area contributed by atoms with E-state index >= 15 is 0 Å². The lowest BCUT2D eigenvalue weighted by Crippen LogP contribution is -2.74. The number of likely N-dealkylation sites (tertiary alicyclic amines) is 1. The van der Waals surface area contributed by atoms with Crippen molar-refractivity contribution in [3.8, 4) is 5.75 Å². The van der Waals surface area contributed by atoms with E-state index < -0.39 is 64.4 Å². The molecule has 1 aromatic carbocycles. The van der Waals surface area contributed by atoms with E-state index in [1.165, 1.54) is 11.0 Å². The van der Waals surface area contributed by atoms with Gasteiger partial charge in [-0.3, -0.25) is 33.8 Å². The molecular weight excluding hydrogens is 538 g/mol. The zero-order valence-electron chi connectivity index (χ0n) is 23.0. The van der Waals surface area contributed by atoms with Gasteiger partial charge in [0.25, 0.3) is 0 Å². The molecule has 0 aromatic heterocycles. The predicted molar refractivity (Wildman–Crippen MR) is 145 cm³/mol. The van der Waals surface area contributed by atoms with E-state index in [-0.39, 0.29) is 24.2 Å². The highest BCUT2D eigenvalue weighted by molar-refractivity contribution is 6.34. The normalized spacial score (nSPS) is 34.8. The SMILES string of the molecule is CC1CCCCCN1Cc1cc(O)c2c(c1Cl)CC1CC3C(N(C)C)C(=O)C(C(N)=O)C(=O)C3(O)C(=O)C1C2=O. The molecule has 1 saturated heterocycles. The summed E-state index contributed by atoms with van der Waals surface area (Å²) in [5, 5.41) is 23.0. The Balaban J connectivity index is 1.55. The Morgan fingerprint density at radius 3 is 2.52 bits per heavy atom. The molecule has 4 aliphatic rings. The van der Waals surface area contributed by atoms with Gasteiger partial charge in [0, 0.05) is 23.5 Å². The molecule has 2 saturated carbocycles. The number of ketones is 4. The average Bonchev–Trinajstić information content (AvgIpc) is 3.07. The summed E-state index contributed by atoms with van der Waals surface area (Å²) in [6.45, 7) is 3.57. The van der Waals surface area contributed by atoms with Crippen LogP contribution >= 0.6 is 11.6 Å². The molecule has 216 valence electrons. The van der Waals surface area contributed by atoms with Gasteiger partial charge in [-0.25, -0.2) is 0 Å². The van der Waals surface area contributed by atoms with Crippen molar-refractivity contribution in [2.24, 2.45) is 29.4 Å². The van der Waals surface area contributed by atoms with E-state index in [9.17, 15) is 34.2 Å². The van der Waals surface area contributed by atoms with Crippen molar-refractivity contribution < 1.29 is 34.2 Å². The summed E-state index contributed by atoms with van der Waals surface area (Å²) < 4.78 is 0. The van der Waals surface area contributed by atoms with Crippen LogP contribution in [-0.2, 0) is 32.1 Å². The van der Waals surface area contributed by atoms with Crippen molar-refractivity contribution in [3.05, 3.63) is 27.8 Å². The largest absolute Gasteiger partial charge is 0.507 e. The molecule has 11 heteroatoms. The number of nitrogens with two attached hydrogens (primary N) is 1. The van der Waals surface area contributed by atoms with Gasteiger partial charge in [-0.15, -0.1) is 0 Å². The highest BCUT2D eigenvalue weighted by atomic mass is 35.5. The third-order valence-electron chi connectivity index (χ3n) is 9.63. The van der Waals surface area contributed by atoms with Crippen molar-refractivity contribution >= 4 is 40.6 Å². The van der Waals surface area contributed by atoms with Crippen molar-refractivity contribution in [1.29, 1.82) is 0 Å². The maximum atomic E-state index is 13.9. The van der Waals surface area contributed by atoms with Crippen molar-refractivity contribution in [2.75, 3.05) is 20.6 Å². The quantitative estimate of drug-likeness (QED) is 0.451. The second-order valence-corrected chi connectivity index (χ2v) is 12.6. The smallest absolute Gasteiger partial charge is 0.235 e. The maximum absolute atomic E-state index is 13.9. The fraction of sp³-hybridized carbons (Fsp3) is 0.621. The van der Waals surface area contributed by atoms with Gasteiger partial charge in [-0.2, -0.15) is 0 Å². The molecule has 1 aliphatic heterocycles. The number of phenolic OH excluding ortho intramolecular Hbond substituents is 1. The molecule has 0 bridgehead atoms. The molecule has 1 amide bonds. The lowest BCUT2D eigenvalue weighted by molar-refractivity contribution is -0.181. The fourth-order valence-electron chi connectivity index (χ4n) is 7.61. The number of nitrogens with zero attached hydrogens (tertiary/aromatic N) is 2. The molecule has 5 rings (SSSR count). The number of fused-ring (bicyclic) bond motifs is 3. The van der Waals surface area contributed by atoms with Crippen LogP contribution in [0.15, 0.2) is 6.07 Å². The highest BCUT2D eigenvalue weighted by Crippen LogP contribution is 2.52. The first-order valence-electron chi connectivity index (χ1n) is 13.9. The Bertz CT molecular complexity index is 1310. The molecular formula is C29H36ClN3O7. The van der Waals surface area contributed by atoms with E-state index in [2.05, 4.69) is 11.8 Å². The van der Waals surface area contributed by atoms with Gasteiger partial charge in [0.05, 0.1) is 17.5 Å². The van der Waals surface area contributed by atoms with Crippen molar-refractivity contribution in [1.82, 2.24) is 9.80 Å². The lowest BCUT2D eigenvalue weighted by atomic mass is 9.52. The molecule has 10 nitrogen and oxygen atoms in total. The van der Waals surface area contributed by atoms with Crippen LogP contribution in [0.4, 0.5) is 0 Å². The summed E-state index contributed by atoms with van der Waals surface area (Å²) in [5.41, 5.74) is 3.67. The zero-order chi connectivity index (χ0) is 29.3. The number of halogens is 1. The standard InChI is InChI=1S/C29H36ClN3O7/c1-13-7-5-4-6-8-33(13)12-15-11-18(34)20-16(22(15)30)9-14-10-17-23(32(2)3)25(36)21(28(31)39)27(38)29(17,40)26(37)19(14)24(20)35/h11,13-14,17,19,21,23,34,40H,4-10,12H2,1-3H3,(H2,31,39). The first kappa shape index (κ1) is 28.9. The number of aromatic hydroxyl groups is 1. The van der Waals surface area contributed by atoms with Crippen LogP contribution in [0.3, 0.4) is 0 Å². The van der Waals surface area contributed by atoms with Crippen LogP contribution in [0.1, 0.15) is 60.5 Å². The van der Waals surface area contributed by atoms with E-state index in [1.54, 1.807) is 14.1 Å². The topological polar surface area (TPSA) is 158 Å². The fourth-order valence-corrected chi connectivity index (χ4v) is 7.90. The Hall–Kier alpha value is -2.66. The van der Waals surface area contributed by atoms with E-state index in [1.807, 2.05) is 0 Å². The van der Waals surface area contributed by atoms with Crippen molar-refractivity contribution in [3.63, 3.8) is 0 Å². The number of amides is 1. The van der Waals surface area contributed by atoms with Crippen LogP contribution in [-0.4, -0.2) is 87.4 Å². The summed E-state index contributed by atoms with van der Waals surface area (Å²) in [7, 11) is 3.11. The minimum Gasteiger partial charge on any atom is -0.507 e. The molecule has 40 heavy (non-hydrogen) atoms. The van der Waals surface area contributed by atoms with Crippen LogP contribution in [0.25, 0.3) is 0 Å². The number of carbonyl (C=O) groups is 5. The average molecular weight is 574 g/mol. The van der Waals surface area contributed by atoms with Gasteiger partial charge in [-0.05, 0) is 76.4 Å². The number of primary amides is 1. The third kappa shape index (κ3) is 4.22. The van der Waals surface area contributed by atoms with Gasteiger partial charge in [0.2, 0.25) is 5.91 Å². The Morgan fingerprint density at radius 1 is 1.18 bits per heavy atom. The second kappa shape index (κ2) is 10.3. The van der Waals surface area contributed by atoms with Gasteiger partial charge in [0.1, 0.15) is 5.75 Å². The zero-order valence-corrected chi connectivity index (χ0v) is 23.7. The van der Waals surface area contributed by atoms with E-state index in [0.717, 1.165) is 32.2 Å². The van der Waals surface area contributed by atoms with Gasteiger partial charge < -0.3 is 15.9 Å². The number of hydrogen-bond acceptors (Lipinski definition) is 9. The van der Waals surface area contributed by atoms with E-state index in [4.69, 9.17) is 17.3 Å². The Kier molecular flexibility index (Phi) is 7.44. The molecule has 0 radical (unpaired) electrons. The second-order valence-electron chi connectivity index (χ2n) is 12.2. The van der Waals surface area contributed by atoms with Crippen LogP contribution in [0.5, 0.6) is 5.75 Å². The number of benzene rings is 1. The third-order valence-corrected chi connectivity index (χ3v) is 10.1. The molecule has 3 aliphatic carbocycles. The molecule has 7 atom stereocenters. The van der Waals surface area contributed by atoms with E-state index in [0.29, 0.717) is 28.7 Å². The molecule has 1 heterocycles. The van der Waals surface area contributed by atoms with Gasteiger partial charge in [-0.1, -0.05) is 24.4 Å². The lowest BCUT2D eigenvalue weighted by Gasteiger charge is -2.52. The van der Waals surface area contributed by atoms with Gasteiger partial charge in [0.15, 0.2) is 34.7 Å². The monoisotopic (exact) mass is 573 g/mol. The molecule has 3 fully saturated rings. The molecule has 4 N–H and O–H groups in total. The first-order valence-corrected chi connectivity index (χ1v) is 14.3. The number of aliphatic hydroxyl groups is 1. The number of hydrogen-bond donors (Lipinski definition) is 3. The number of likely N-dealkylation sites (N-methyl/N-ethyl adjacent to an activating group) is 1. The van der Waals surface area contributed by atoms with Crippen LogP contribution in [0, 0.1) is 23.7 Å². The molecule has 7 unspecified atom stereocenters. The summed E-state index contributed by atoms with van der Waals surface area (Å²) >= 11 is 6.89. The highest BCUT2D eigenvalue weighted by Gasteiger charge is 2.69. The Labute approximate surface area is 237 Å². The number of rotatable bonds is 4. The minimum atomic E-state index is -2.74. The maximum Gasteiger partial charge on any atom is 0.235 e.